The van der Waals surface area contributed by atoms with E-state index >= 15 is 0 Å². The molecule has 3 rings (SSSR count). The molecule has 0 spiro atoms. The number of para-hydroxylation sites is 1. The SMILES string of the molecule is Cc1cccc(C)c1NC1=CN=C(Sc2ncc([N+](=O)[O-])s2)SN1. The van der Waals surface area contributed by atoms with Crippen LogP contribution in [0.15, 0.2) is 45.7 Å². The topological polar surface area (TPSA) is 92.5 Å². The van der Waals surface area contributed by atoms with Gasteiger partial charge in [0.2, 0.25) is 0 Å². The minimum Gasteiger partial charge on any atom is -0.340 e. The summed E-state index contributed by atoms with van der Waals surface area (Å²) in [6.07, 6.45) is 2.96. The number of aliphatic imine (C=N–C) groups is 1. The average Bonchev–Trinajstić information content (AvgIpc) is 3.01. The molecule has 0 unspecified atom stereocenters. The number of rotatable bonds is 4. The number of anilines is 1. The van der Waals surface area contributed by atoms with E-state index in [1.165, 1.54) is 29.9 Å². The van der Waals surface area contributed by atoms with E-state index in [0.717, 1.165) is 38.3 Å². The van der Waals surface area contributed by atoms with Crippen LogP contribution in [-0.2, 0) is 0 Å². The van der Waals surface area contributed by atoms with Crippen LogP contribution in [0.25, 0.3) is 0 Å². The molecule has 2 heterocycles. The van der Waals surface area contributed by atoms with Crippen LogP contribution in [0.2, 0.25) is 0 Å². The lowest BCUT2D eigenvalue weighted by atomic mass is 10.1. The fourth-order valence-corrected chi connectivity index (χ4v) is 4.55. The van der Waals surface area contributed by atoms with E-state index in [1.807, 2.05) is 32.0 Å². The molecule has 124 valence electrons. The zero-order valence-electron chi connectivity index (χ0n) is 12.8. The number of thiazole rings is 1. The van der Waals surface area contributed by atoms with Crippen molar-refractivity contribution in [2.24, 2.45) is 4.99 Å². The summed E-state index contributed by atoms with van der Waals surface area (Å²) in [7, 11) is 0. The Kier molecular flexibility index (Phi) is 5.07. The van der Waals surface area contributed by atoms with Crippen molar-refractivity contribution in [1.29, 1.82) is 0 Å². The lowest BCUT2D eigenvalue weighted by Crippen LogP contribution is -2.18. The summed E-state index contributed by atoms with van der Waals surface area (Å²) in [5.74, 6) is 0.784. The van der Waals surface area contributed by atoms with Gasteiger partial charge in [-0.1, -0.05) is 18.2 Å². The van der Waals surface area contributed by atoms with Crippen molar-refractivity contribution in [1.82, 2.24) is 9.71 Å². The zero-order valence-corrected chi connectivity index (χ0v) is 15.2. The second-order valence-electron chi connectivity index (χ2n) is 4.86. The number of aromatic nitrogens is 1. The Morgan fingerprint density at radius 3 is 2.67 bits per heavy atom. The van der Waals surface area contributed by atoms with Crippen LogP contribution in [0, 0.1) is 24.0 Å². The van der Waals surface area contributed by atoms with E-state index in [9.17, 15) is 10.1 Å². The van der Waals surface area contributed by atoms with Crippen molar-refractivity contribution in [3.8, 4) is 0 Å². The maximum absolute atomic E-state index is 10.7. The Labute approximate surface area is 151 Å². The van der Waals surface area contributed by atoms with E-state index in [2.05, 4.69) is 20.0 Å². The molecule has 2 N–H and O–H groups in total. The smallest absolute Gasteiger partial charge is 0.340 e. The first kappa shape index (κ1) is 16.8. The number of nitrogens with one attached hydrogen (secondary N) is 2. The number of nitrogens with zero attached hydrogens (tertiary/aromatic N) is 3. The highest BCUT2D eigenvalue weighted by Crippen LogP contribution is 2.33. The van der Waals surface area contributed by atoms with Crippen molar-refractivity contribution in [3.05, 3.63) is 57.7 Å². The molecule has 0 bridgehead atoms. The number of thioether (sulfide) groups is 1. The van der Waals surface area contributed by atoms with Crippen molar-refractivity contribution < 1.29 is 4.92 Å². The minimum absolute atomic E-state index is 0.0276. The largest absolute Gasteiger partial charge is 0.344 e. The van der Waals surface area contributed by atoms with Crippen LogP contribution in [-0.4, -0.2) is 14.3 Å². The molecule has 2 aromatic rings. The molecule has 0 saturated carbocycles. The lowest BCUT2D eigenvalue weighted by molar-refractivity contribution is -0.380. The average molecular weight is 379 g/mol. The predicted molar refractivity (Wildman–Crippen MR) is 100 cm³/mol. The molecule has 1 aliphatic rings. The molecule has 0 aliphatic carbocycles. The van der Waals surface area contributed by atoms with Crippen LogP contribution in [0.1, 0.15) is 11.1 Å². The highest BCUT2D eigenvalue weighted by molar-refractivity contribution is 8.38. The molecule has 7 nitrogen and oxygen atoms in total. The fourth-order valence-electron chi connectivity index (χ4n) is 1.98. The van der Waals surface area contributed by atoms with Crippen molar-refractivity contribution in [2.75, 3.05) is 5.32 Å². The van der Waals surface area contributed by atoms with Crippen molar-refractivity contribution in [3.63, 3.8) is 0 Å². The van der Waals surface area contributed by atoms with Gasteiger partial charge in [-0.25, -0.2) is 9.98 Å². The third-order valence-electron chi connectivity index (χ3n) is 3.11. The molecule has 24 heavy (non-hydrogen) atoms. The third kappa shape index (κ3) is 3.89. The molecule has 10 heteroatoms. The summed E-state index contributed by atoms with van der Waals surface area (Å²) in [5, 5.41) is 14.0. The summed E-state index contributed by atoms with van der Waals surface area (Å²) in [6, 6.07) is 6.12. The first-order chi connectivity index (χ1) is 11.5. The van der Waals surface area contributed by atoms with E-state index in [1.54, 1.807) is 6.20 Å². The third-order valence-corrected chi connectivity index (χ3v) is 6.02. The summed E-state index contributed by atoms with van der Waals surface area (Å²) >= 11 is 3.68. The quantitative estimate of drug-likeness (QED) is 0.465. The summed E-state index contributed by atoms with van der Waals surface area (Å²) in [5.41, 5.74) is 3.36. The molecule has 0 radical (unpaired) electrons. The molecule has 0 atom stereocenters. The molecule has 0 fully saturated rings. The van der Waals surface area contributed by atoms with Gasteiger partial charge >= 0.3 is 5.00 Å². The van der Waals surface area contributed by atoms with Crippen LogP contribution in [0.5, 0.6) is 0 Å². The van der Waals surface area contributed by atoms with Crippen molar-refractivity contribution >= 4 is 50.1 Å². The van der Waals surface area contributed by atoms with Gasteiger partial charge < -0.3 is 10.0 Å². The van der Waals surface area contributed by atoms with Gasteiger partial charge in [0.15, 0.2) is 8.72 Å². The first-order valence-electron chi connectivity index (χ1n) is 6.85. The Hall–Kier alpha value is -2.04. The number of aryl methyl sites for hydroxylation is 2. The number of hydrogen-bond donors (Lipinski definition) is 2. The molecule has 1 aromatic heterocycles. The van der Waals surface area contributed by atoms with Crippen LogP contribution in [0.3, 0.4) is 0 Å². The Balaban J connectivity index is 1.68. The fraction of sp³-hybridized carbons (Fsp3) is 0.143. The minimum atomic E-state index is -0.442. The Morgan fingerprint density at radius 2 is 2.08 bits per heavy atom. The summed E-state index contributed by atoms with van der Waals surface area (Å²) in [6.45, 7) is 4.09. The molecular formula is C14H13N5O2S3. The van der Waals surface area contributed by atoms with Gasteiger partial charge in [0.1, 0.15) is 12.0 Å². The van der Waals surface area contributed by atoms with Gasteiger partial charge in [-0.05, 0) is 48.1 Å². The van der Waals surface area contributed by atoms with Gasteiger partial charge in [0.25, 0.3) is 0 Å². The van der Waals surface area contributed by atoms with E-state index < -0.39 is 4.92 Å². The molecule has 0 amide bonds. The van der Waals surface area contributed by atoms with Crippen LogP contribution >= 0.6 is 35.0 Å². The van der Waals surface area contributed by atoms with Gasteiger partial charge in [-0.3, -0.25) is 10.1 Å². The molecule has 1 aromatic carbocycles. The highest BCUT2D eigenvalue weighted by atomic mass is 32.2. The second-order valence-corrected chi connectivity index (χ2v) is 8.16. The van der Waals surface area contributed by atoms with Crippen molar-refractivity contribution in [2.45, 2.75) is 18.2 Å². The van der Waals surface area contributed by atoms with Gasteiger partial charge in [0.05, 0.1) is 11.1 Å². The number of nitro groups is 1. The summed E-state index contributed by atoms with van der Waals surface area (Å²) < 4.78 is 4.50. The normalized spacial score (nSPS) is 13.8. The zero-order chi connectivity index (χ0) is 17.1. The number of hydrogen-bond acceptors (Lipinski definition) is 9. The lowest BCUT2D eigenvalue weighted by Gasteiger charge is -2.18. The monoisotopic (exact) mass is 379 g/mol. The van der Waals surface area contributed by atoms with Gasteiger partial charge in [-0.15, -0.1) is 0 Å². The van der Waals surface area contributed by atoms with E-state index in [4.69, 9.17) is 0 Å². The van der Waals surface area contributed by atoms with E-state index in [-0.39, 0.29) is 5.00 Å². The van der Waals surface area contributed by atoms with Gasteiger partial charge in [0, 0.05) is 17.6 Å². The standard InChI is InChI=1S/C14H13N5O2S3/c1-8-4-3-5-9(2)12(8)17-10-6-15-14(24-18-10)23-13-16-7-11(22-13)19(20)21/h3-7,17-18H,1-2H3. The summed E-state index contributed by atoms with van der Waals surface area (Å²) in [4.78, 5) is 18.6. The maximum Gasteiger partial charge on any atom is 0.344 e. The van der Waals surface area contributed by atoms with Crippen LogP contribution < -0.4 is 10.0 Å². The molecule has 0 saturated heterocycles. The second kappa shape index (κ2) is 7.24. The Morgan fingerprint density at radius 1 is 1.33 bits per heavy atom. The molecule has 1 aliphatic heterocycles. The first-order valence-corrected chi connectivity index (χ1v) is 9.30. The van der Waals surface area contributed by atoms with E-state index in [0.29, 0.717) is 4.34 Å². The van der Waals surface area contributed by atoms with Gasteiger partial charge in [-0.2, -0.15) is 0 Å². The molecular weight excluding hydrogens is 366 g/mol. The highest BCUT2D eigenvalue weighted by Gasteiger charge is 2.16. The predicted octanol–water partition coefficient (Wildman–Crippen LogP) is 4.28. The van der Waals surface area contributed by atoms with Crippen LogP contribution in [0.4, 0.5) is 10.7 Å². The maximum atomic E-state index is 10.7. The number of benzene rings is 1. The Bertz CT molecular complexity index is 826.